The zero-order chi connectivity index (χ0) is 27.8. The van der Waals surface area contributed by atoms with Gasteiger partial charge in [0.1, 0.15) is 41.5 Å². The lowest BCUT2D eigenvalue weighted by Gasteiger charge is -2.39. The van der Waals surface area contributed by atoms with Crippen molar-refractivity contribution in [2.45, 2.75) is 70.1 Å². The molecule has 0 radical (unpaired) electrons. The SMILES string of the molecule is COc1ccc(CNc2ncnc3c2c(Br)cn3C2OC(C=O)C(O[Si](C)(C)C(C)(C)C)C2F)c(OC)c1. The van der Waals surface area contributed by atoms with Crippen molar-refractivity contribution in [2.75, 3.05) is 19.5 Å². The van der Waals surface area contributed by atoms with E-state index in [-0.39, 0.29) is 5.04 Å². The first-order valence-corrected chi connectivity index (χ1v) is 16.0. The van der Waals surface area contributed by atoms with Crippen LogP contribution in [0.15, 0.2) is 35.2 Å². The van der Waals surface area contributed by atoms with Crippen LogP contribution in [0.3, 0.4) is 0 Å². The van der Waals surface area contributed by atoms with Gasteiger partial charge in [-0.2, -0.15) is 0 Å². The van der Waals surface area contributed by atoms with Crippen LogP contribution >= 0.6 is 15.9 Å². The van der Waals surface area contributed by atoms with E-state index < -0.39 is 32.9 Å². The largest absolute Gasteiger partial charge is 0.497 e. The number of hydrogen-bond acceptors (Lipinski definition) is 8. The van der Waals surface area contributed by atoms with E-state index in [0.717, 1.165) is 5.56 Å². The van der Waals surface area contributed by atoms with Gasteiger partial charge in [-0.3, -0.25) is 0 Å². The number of rotatable bonds is 9. The number of aromatic nitrogens is 3. The number of methoxy groups -OCH3 is 2. The van der Waals surface area contributed by atoms with Crippen molar-refractivity contribution in [1.29, 1.82) is 0 Å². The van der Waals surface area contributed by atoms with Gasteiger partial charge in [0.2, 0.25) is 0 Å². The van der Waals surface area contributed by atoms with E-state index in [1.807, 2.05) is 31.3 Å². The number of aldehydes is 1. The van der Waals surface area contributed by atoms with Crippen LogP contribution in [0.5, 0.6) is 11.5 Å². The fourth-order valence-electron chi connectivity index (χ4n) is 4.18. The molecule has 0 saturated carbocycles. The summed E-state index contributed by atoms with van der Waals surface area (Å²) in [5.41, 5.74) is 1.36. The minimum absolute atomic E-state index is 0.151. The van der Waals surface area contributed by atoms with Gasteiger partial charge < -0.3 is 33.3 Å². The van der Waals surface area contributed by atoms with Gasteiger partial charge in [-0.25, -0.2) is 14.4 Å². The summed E-state index contributed by atoms with van der Waals surface area (Å²) in [4.78, 5) is 20.7. The highest BCUT2D eigenvalue weighted by Crippen LogP contribution is 2.43. The highest BCUT2D eigenvalue weighted by molar-refractivity contribution is 9.10. The average molecular weight is 610 g/mol. The number of anilines is 1. The Balaban J connectivity index is 1.63. The van der Waals surface area contributed by atoms with E-state index in [4.69, 9.17) is 18.6 Å². The maximum atomic E-state index is 15.9. The first kappa shape index (κ1) is 28.5. The molecule has 1 saturated heterocycles. The summed E-state index contributed by atoms with van der Waals surface area (Å²) in [6.07, 6.45) is -0.961. The van der Waals surface area contributed by atoms with Crippen molar-refractivity contribution in [3.8, 4) is 11.5 Å². The lowest BCUT2D eigenvalue weighted by Crippen LogP contribution is -2.48. The topological polar surface area (TPSA) is 96.7 Å². The number of fused-ring (bicyclic) bond motifs is 1. The third kappa shape index (κ3) is 5.31. The summed E-state index contributed by atoms with van der Waals surface area (Å²) in [7, 11) is 0.832. The van der Waals surface area contributed by atoms with Gasteiger partial charge in [0, 0.05) is 28.8 Å². The molecule has 0 bridgehead atoms. The molecule has 206 valence electrons. The fraction of sp³-hybridized carbons (Fsp3) is 0.500. The van der Waals surface area contributed by atoms with Gasteiger partial charge in [0.15, 0.2) is 27.0 Å². The van der Waals surface area contributed by atoms with Crippen LogP contribution in [0.2, 0.25) is 18.1 Å². The molecular formula is C26H34BrFN4O5Si. The molecule has 1 N–H and O–H groups in total. The second kappa shape index (κ2) is 10.9. The molecule has 1 aromatic carbocycles. The van der Waals surface area contributed by atoms with Gasteiger partial charge in [-0.05, 0) is 46.2 Å². The zero-order valence-electron chi connectivity index (χ0n) is 22.6. The number of carbonyl (C=O) groups is 1. The Hall–Kier alpha value is -2.54. The van der Waals surface area contributed by atoms with E-state index in [1.165, 1.54) is 6.33 Å². The van der Waals surface area contributed by atoms with Gasteiger partial charge >= 0.3 is 0 Å². The molecule has 0 amide bonds. The Morgan fingerprint density at radius 3 is 2.61 bits per heavy atom. The van der Waals surface area contributed by atoms with Gasteiger partial charge in [-0.1, -0.05) is 20.8 Å². The number of benzene rings is 1. The first-order valence-electron chi connectivity index (χ1n) is 12.3. The third-order valence-corrected chi connectivity index (χ3v) is 12.4. The maximum absolute atomic E-state index is 15.9. The Morgan fingerprint density at radius 2 is 1.97 bits per heavy atom. The number of carbonyl (C=O) groups excluding carboxylic acids is 1. The molecule has 4 unspecified atom stereocenters. The van der Waals surface area contributed by atoms with Gasteiger partial charge in [0.05, 0.1) is 19.6 Å². The van der Waals surface area contributed by atoms with Crippen LogP contribution in [0.1, 0.15) is 32.6 Å². The summed E-state index contributed by atoms with van der Waals surface area (Å²) in [6.45, 7) is 10.7. The van der Waals surface area contributed by atoms with Crippen LogP contribution in [0.25, 0.3) is 11.0 Å². The lowest BCUT2D eigenvalue weighted by molar-refractivity contribution is -0.122. The normalized spacial score (nSPS) is 22.0. The second-order valence-corrected chi connectivity index (χ2v) is 16.4. The highest BCUT2D eigenvalue weighted by atomic mass is 79.9. The number of nitrogens with zero attached hydrogens (tertiary/aromatic N) is 3. The Bertz CT molecular complexity index is 1310. The van der Waals surface area contributed by atoms with Crippen LogP contribution in [-0.4, -0.2) is 61.7 Å². The highest BCUT2D eigenvalue weighted by Gasteiger charge is 2.51. The lowest BCUT2D eigenvalue weighted by atomic mass is 10.1. The van der Waals surface area contributed by atoms with E-state index in [1.54, 1.807) is 25.0 Å². The Morgan fingerprint density at radius 1 is 1.24 bits per heavy atom. The molecule has 3 aromatic rings. The van der Waals surface area contributed by atoms with Crippen LogP contribution in [-0.2, 0) is 20.5 Å². The van der Waals surface area contributed by atoms with Gasteiger partial charge in [-0.15, -0.1) is 0 Å². The molecule has 1 aliphatic rings. The fourth-order valence-corrected chi connectivity index (χ4v) is 6.06. The molecule has 3 heterocycles. The van der Waals surface area contributed by atoms with Crippen LogP contribution < -0.4 is 14.8 Å². The Labute approximate surface area is 231 Å². The van der Waals surface area contributed by atoms with E-state index in [9.17, 15) is 4.79 Å². The number of alkyl halides is 1. The maximum Gasteiger partial charge on any atom is 0.192 e. The summed E-state index contributed by atoms with van der Waals surface area (Å²) in [5, 5.41) is 3.83. The molecule has 2 aromatic heterocycles. The number of ether oxygens (including phenoxy) is 3. The smallest absolute Gasteiger partial charge is 0.192 e. The summed E-state index contributed by atoms with van der Waals surface area (Å²) >= 11 is 3.58. The van der Waals surface area contributed by atoms with E-state index in [2.05, 4.69) is 52.0 Å². The quantitative estimate of drug-likeness (QED) is 0.246. The van der Waals surface area contributed by atoms with Crippen molar-refractivity contribution in [1.82, 2.24) is 14.5 Å². The molecule has 1 fully saturated rings. The zero-order valence-corrected chi connectivity index (χ0v) is 25.2. The van der Waals surface area contributed by atoms with Crippen molar-refractivity contribution >= 4 is 47.4 Å². The predicted molar refractivity (Wildman–Crippen MR) is 149 cm³/mol. The second-order valence-electron chi connectivity index (χ2n) is 10.8. The van der Waals surface area contributed by atoms with Crippen molar-refractivity contribution in [3.63, 3.8) is 0 Å². The van der Waals surface area contributed by atoms with Crippen LogP contribution in [0.4, 0.5) is 10.2 Å². The predicted octanol–water partition coefficient (Wildman–Crippen LogP) is 5.65. The van der Waals surface area contributed by atoms with Crippen molar-refractivity contribution in [2.24, 2.45) is 0 Å². The molecule has 0 aliphatic carbocycles. The summed E-state index contributed by atoms with van der Waals surface area (Å²) in [5.74, 6) is 1.91. The molecule has 4 rings (SSSR count). The molecule has 4 atom stereocenters. The number of nitrogens with one attached hydrogen (secondary N) is 1. The summed E-state index contributed by atoms with van der Waals surface area (Å²) < 4.78 is 41.2. The molecule has 9 nitrogen and oxygen atoms in total. The summed E-state index contributed by atoms with van der Waals surface area (Å²) in [6, 6.07) is 5.57. The number of halogens is 2. The van der Waals surface area contributed by atoms with E-state index >= 15 is 4.39 Å². The molecule has 0 spiro atoms. The van der Waals surface area contributed by atoms with Crippen molar-refractivity contribution < 1.29 is 27.8 Å². The molecule has 38 heavy (non-hydrogen) atoms. The molecular weight excluding hydrogens is 575 g/mol. The van der Waals surface area contributed by atoms with E-state index in [0.29, 0.717) is 45.7 Å². The molecule has 12 heteroatoms. The number of hydrogen-bond donors (Lipinski definition) is 1. The minimum Gasteiger partial charge on any atom is -0.497 e. The molecule has 1 aliphatic heterocycles. The first-order chi connectivity index (χ1) is 17.9. The Kier molecular flexibility index (Phi) is 8.17. The average Bonchev–Trinajstić information content (AvgIpc) is 3.38. The third-order valence-electron chi connectivity index (χ3n) is 7.36. The standard InChI is InChI=1S/C26H34BrFN4O5Si/c1-26(2,3)38(6,7)37-22-19(13-33)36-25(21(22)28)32-12-17(27)20-23(30-14-31-24(20)32)29-11-15-8-9-16(34-4)10-18(15)35-5/h8-10,12-14,19,21-22,25H,11H2,1-7H3,(H,29,30,31). The minimum atomic E-state index is -2.37. The van der Waals surface area contributed by atoms with Crippen molar-refractivity contribution in [3.05, 3.63) is 40.8 Å². The van der Waals surface area contributed by atoms with Gasteiger partial charge in [0.25, 0.3) is 0 Å². The van der Waals surface area contributed by atoms with Crippen LogP contribution in [0, 0.1) is 0 Å². The monoisotopic (exact) mass is 608 g/mol.